The lowest BCUT2D eigenvalue weighted by Gasteiger charge is -2.03. The Morgan fingerprint density at radius 2 is 2.36 bits per heavy atom. The highest BCUT2D eigenvalue weighted by Crippen LogP contribution is 1.94. The third-order valence-electron chi connectivity index (χ3n) is 1.49. The Morgan fingerprint density at radius 1 is 1.64 bits per heavy atom. The van der Waals surface area contributed by atoms with Crippen molar-refractivity contribution < 1.29 is 0 Å². The number of aryl methyl sites for hydroxylation is 1. The molecule has 0 bridgehead atoms. The van der Waals surface area contributed by atoms with E-state index >= 15 is 0 Å². The number of rotatable bonds is 2. The SMILES string of the molecule is CCCn1ccc(=O)c(N)c1. The number of anilines is 1. The van der Waals surface area contributed by atoms with Crippen molar-refractivity contribution in [1.29, 1.82) is 0 Å². The quantitative estimate of drug-likeness (QED) is 0.682. The molecular formula is C8H12N2O. The number of pyridine rings is 1. The van der Waals surface area contributed by atoms with E-state index in [2.05, 4.69) is 6.92 Å². The second-order valence-electron chi connectivity index (χ2n) is 2.50. The standard InChI is InChI=1S/C8H12N2O/c1-2-4-10-5-3-8(11)7(9)6-10/h3,5-6H,2,4,9H2,1H3. The second kappa shape index (κ2) is 3.23. The number of hydrogen-bond acceptors (Lipinski definition) is 2. The van der Waals surface area contributed by atoms with E-state index in [-0.39, 0.29) is 5.43 Å². The monoisotopic (exact) mass is 152 g/mol. The molecule has 0 saturated heterocycles. The summed E-state index contributed by atoms with van der Waals surface area (Å²) in [6.07, 6.45) is 4.47. The summed E-state index contributed by atoms with van der Waals surface area (Å²) in [5.74, 6) is 0. The lowest BCUT2D eigenvalue weighted by Crippen LogP contribution is -2.10. The van der Waals surface area contributed by atoms with Crippen LogP contribution in [0.15, 0.2) is 23.3 Å². The summed E-state index contributed by atoms with van der Waals surface area (Å²) in [5, 5.41) is 0. The van der Waals surface area contributed by atoms with Crippen LogP contribution < -0.4 is 11.2 Å². The molecule has 1 rings (SSSR count). The molecule has 0 amide bonds. The van der Waals surface area contributed by atoms with Crippen LogP contribution in [0.1, 0.15) is 13.3 Å². The van der Waals surface area contributed by atoms with Gasteiger partial charge in [0.1, 0.15) is 0 Å². The highest BCUT2D eigenvalue weighted by molar-refractivity contribution is 5.33. The molecule has 0 atom stereocenters. The summed E-state index contributed by atoms with van der Waals surface area (Å²) in [7, 11) is 0. The van der Waals surface area contributed by atoms with Crippen LogP contribution in [0.5, 0.6) is 0 Å². The number of nitrogens with two attached hydrogens (primary N) is 1. The molecule has 1 heterocycles. The van der Waals surface area contributed by atoms with Gasteiger partial charge in [-0.25, -0.2) is 0 Å². The molecular weight excluding hydrogens is 140 g/mol. The Bertz CT molecular complexity index is 290. The lowest BCUT2D eigenvalue weighted by atomic mass is 10.4. The summed E-state index contributed by atoms with van der Waals surface area (Å²) in [6.45, 7) is 2.98. The van der Waals surface area contributed by atoms with Gasteiger partial charge in [-0.15, -0.1) is 0 Å². The van der Waals surface area contributed by atoms with E-state index in [1.165, 1.54) is 6.07 Å². The van der Waals surface area contributed by atoms with Gasteiger partial charge in [0.25, 0.3) is 0 Å². The third-order valence-corrected chi connectivity index (χ3v) is 1.49. The summed E-state index contributed by atoms with van der Waals surface area (Å²) in [4.78, 5) is 10.8. The number of aromatic nitrogens is 1. The zero-order valence-corrected chi connectivity index (χ0v) is 6.58. The molecule has 0 unspecified atom stereocenters. The van der Waals surface area contributed by atoms with Crippen LogP contribution in [0.3, 0.4) is 0 Å². The first-order chi connectivity index (χ1) is 5.24. The van der Waals surface area contributed by atoms with Crippen molar-refractivity contribution >= 4 is 5.69 Å². The van der Waals surface area contributed by atoms with Gasteiger partial charge >= 0.3 is 0 Å². The number of hydrogen-bond donors (Lipinski definition) is 1. The van der Waals surface area contributed by atoms with Gasteiger partial charge in [-0.3, -0.25) is 4.79 Å². The van der Waals surface area contributed by atoms with Crippen LogP contribution in [0.25, 0.3) is 0 Å². The molecule has 0 saturated carbocycles. The Hall–Kier alpha value is -1.25. The van der Waals surface area contributed by atoms with Gasteiger partial charge in [0.05, 0.1) is 5.69 Å². The van der Waals surface area contributed by atoms with Gasteiger partial charge in [0.15, 0.2) is 0 Å². The first-order valence-electron chi connectivity index (χ1n) is 3.69. The van der Waals surface area contributed by atoms with Crippen molar-refractivity contribution in [3.63, 3.8) is 0 Å². The molecule has 3 nitrogen and oxygen atoms in total. The van der Waals surface area contributed by atoms with Gasteiger partial charge in [-0.1, -0.05) is 6.92 Å². The Kier molecular flexibility index (Phi) is 2.31. The summed E-state index contributed by atoms with van der Waals surface area (Å²) in [6, 6.07) is 1.49. The highest BCUT2D eigenvalue weighted by atomic mass is 16.1. The first kappa shape index (κ1) is 7.85. The van der Waals surface area contributed by atoms with E-state index in [1.54, 1.807) is 12.4 Å². The molecule has 1 aromatic heterocycles. The molecule has 0 aromatic carbocycles. The van der Waals surface area contributed by atoms with E-state index in [1.807, 2.05) is 4.57 Å². The minimum Gasteiger partial charge on any atom is -0.394 e. The predicted molar refractivity (Wildman–Crippen MR) is 45.4 cm³/mol. The van der Waals surface area contributed by atoms with E-state index < -0.39 is 0 Å². The zero-order valence-electron chi connectivity index (χ0n) is 6.58. The van der Waals surface area contributed by atoms with Gasteiger partial charge in [-0.05, 0) is 6.42 Å². The van der Waals surface area contributed by atoms with Crippen LogP contribution >= 0.6 is 0 Å². The molecule has 60 valence electrons. The normalized spacial score (nSPS) is 9.91. The minimum absolute atomic E-state index is 0.0997. The molecule has 0 aliphatic rings. The molecule has 11 heavy (non-hydrogen) atoms. The van der Waals surface area contributed by atoms with Crippen LogP contribution in [0.2, 0.25) is 0 Å². The van der Waals surface area contributed by atoms with E-state index in [9.17, 15) is 4.79 Å². The van der Waals surface area contributed by atoms with Crippen LogP contribution in [0.4, 0.5) is 5.69 Å². The van der Waals surface area contributed by atoms with Crippen LogP contribution in [0, 0.1) is 0 Å². The third kappa shape index (κ3) is 1.83. The molecule has 0 fully saturated rings. The molecule has 0 aliphatic heterocycles. The molecule has 0 aliphatic carbocycles. The van der Waals surface area contributed by atoms with Gasteiger partial charge in [0.2, 0.25) is 5.43 Å². The minimum atomic E-state index is -0.0997. The number of nitrogens with zero attached hydrogens (tertiary/aromatic N) is 1. The summed E-state index contributed by atoms with van der Waals surface area (Å²) in [5.41, 5.74) is 5.64. The van der Waals surface area contributed by atoms with E-state index in [4.69, 9.17) is 5.73 Å². The molecule has 0 radical (unpaired) electrons. The Labute approximate surface area is 65.5 Å². The van der Waals surface area contributed by atoms with Crippen molar-refractivity contribution in [2.24, 2.45) is 0 Å². The van der Waals surface area contributed by atoms with E-state index in [0.29, 0.717) is 5.69 Å². The van der Waals surface area contributed by atoms with Crippen LogP contribution in [-0.2, 0) is 6.54 Å². The van der Waals surface area contributed by atoms with Gasteiger partial charge in [-0.2, -0.15) is 0 Å². The fourth-order valence-electron chi connectivity index (χ4n) is 0.942. The zero-order chi connectivity index (χ0) is 8.27. The average Bonchev–Trinajstić information content (AvgIpc) is 1.98. The van der Waals surface area contributed by atoms with Gasteiger partial charge in [0, 0.05) is 25.0 Å². The van der Waals surface area contributed by atoms with Gasteiger partial charge < -0.3 is 10.3 Å². The smallest absolute Gasteiger partial charge is 0.204 e. The molecule has 2 N–H and O–H groups in total. The van der Waals surface area contributed by atoms with Crippen molar-refractivity contribution in [2.75, 3.05) is 5.73 Å². The Balaban J connectivity index is 2.96. The fourth-order valence-corrected chi connectivity index (χ4v) is 0.942. The predicted octanol–water partition coefficient (Wildman–Crippen LogP) is 0.841. The summed E-state index contributed by atoms with van der Waals surface area (Å²) >= 11 is 0. The Morgan fingerprint density at radius 3 is 2.91 bits per heavy atom. The topological polar surface area (TPSA) is 48.0 Å². The molecule has 1 aromatic rings. The highest BCUT2D eigenvalue weighted by Gasteiger charge is 1.92. The average molecular weight is 152 g/mol. The maximum Gasteiger partial charge on any atom is 0.204 e. The first-order valence-corrected chi connectivity index (χ1v) is 3.69. The maximum atomic E-state index is 10.8. The van der Waals surface area contributed by atoms with Crippen LogP contribution in [-0.4, -0.2) is 4.57 Å². The van der Waals surface area contributed by atoms with Crippen molar-refractivity contribution in [2.45, 2.75) is 19.9 Å². The van der Waals surface area contributed by atoms with Crippen molar-refractivity contribution in [1.82, 2.24) is 4.57 Å². The molecule has 0 spiro atoms. The largest absolute Gasteiger partial charge is 0.394 e. The summed E-state index contributed by atoms with van der Waals surface area (Å²) < 4.78 is 1.91. The second-order valence-corrected chi connectivity index (χ2v) is 2.50. The number of nitrogen functional groups attached to an aromatic ring is 1. The van der Waals surface area contributed by atoms with Crippen molar-refractivity contribution in [3.05, 3.63) is 28.7 Å². The van der Waals surface area contributed by atoms with Crippen molar-refractivity contribution in [3.8, 4) is 0 Å². The lowest BCUT2D eigenvalue weighted by molar-refractivity contribution is 0.675. The fraction of sp³-hybridized carbons (Fsp3) is 0.375. The molecule has 3 heteroatoms. The van der Waals surface area contributed by atoms with E-state index in [0.717, 1.165) is 13.0 Å². The maximum absolute atomic E-state index is 10.8.